The third kappa shape index (κ3) is 7.46. The summed E-state index contributed by atoms with van der Waals surface area (Å²) in [6.07, 6.45) is -2.38. The molecule has 0 heterocycles. The van der Waals surface area contributed by atoms with Crippen LogP contribution in [0.1, 0.15) is 13.3 Å². The van der Waals surface area contributed by atoms with Crippen molar-refractivity contribution in [2.45, 2.75) is 43.7 Å². The molecular weight excluding hydrogens is 268 g/mol. The van der Waals surface area contributed by atoms with Gasteiger partial charge in [-0.15, -0.1) is 0 Å². The minimum Gasteiger partial charge on any atom is -0.395 e. The summed E-state index contributed by atoms with van der Waals surface area (Å²) in [4.78, 5) is 0. The van der Waals surface area contributed by atoms with Crippen LogP contribution in [0.2, 0.25) is 0 Å². The second-order valence-corrected chi connectivity index (χ2v) is 4.82. The highest BCUT2D eigenvalue weighted by Gasteiger charge is 2.22. The third-order valence-electron chi connectivity index (χ3n) is 3.12. The Morgan fingerprint density at radius 1 is 0.800 bits per heavy atom. The summed E-state index contributed by atoms with van der Waals surface area (Å²) in [5.74, 6) is 0. The van der Waals surface area contributed by atoms with E-state index in [0.29, 0.717) is 19.5 Å². The van der Waals surface area contributed by atoms with E-state index < -0.39 is 37.0 Å². The molecule has 0 saturated heterocycles. The fourth-order valence-electron chi connectivity index (χ4n) is 1.74. The molecule has 0 rings (SSSR count). The number of hydrogen-bond donors (Lipinski definition) is 8. The molecule has 5 atom stereocenters. The van der Waals surface area contributed by atoms with Gasteiger partial charge in [0.25, 0.3) is 0 Å². The summed E-state index contributed by atoms with van der Waals surface area (Å²) < 4.78 is 0. The van der Waals surface area contributed by atoms with Crippen LogP contribution < -0.4 is 10.6 Å². The van der Waals surface area contributed by atoms with Crippen LogP contribution in [0, 0.1) is 0 Å². The molecular formula is C12H28N2O6. The number of nitrogens with one attached hydrogen (secondary N) is 2. The molecule has 0 spiro atoms. The van der Waals surface area contributed by atoms with Crippen molar-refractivity contribution in [2.75, 3.05) is 32.9 Å². The Morgan fingerprint density at radius 3 is 1.70 bits per heavy atom. The normalized spacial score (nSPS) is 19.4. The lowest BCUT2D eigenvalue weighted by molar-refractivity contribution is -0.00698. The molecule has 122 valence electrons. The zero-order valence-corrected chi connectivity index (χ0v) is 11.8. The zero-order chi connectivity index (χ0) is 15.5. The van der Waals surface area contributed by atoms with Crippen molar-refractivity contribution in [1.82, 2.24) is 10.6 Å². The summed E-state index contributed by atoms with van der Waals surface area (Å²) in [6.45, 7) is 1.41. The molecule has 0 bridgehead atoms. The molecule has 8 heteroatoms. The largest absolute Gasteiger partial charge is 0.395 e. The van der Waals surface area contributed by atoms with Gasteiger partial charge in [0, 0.05) is 0 Å². The van der Waals surface area contributed by atoms with Gasteiger partial charge in [0.1, 0.15) is 0 Å². The van der Waals surface area contributed by atoms with Gasteiger partial charge in [-0.05, 0) is 26.4 Å². The van der Waals surface area contributed by atoms with Gasteiger partial charge in [-0.25, -0.2) is 0 Å². The van der Waals surface area contributed by atoms with Gasteiger partial charge in [-0.1, -0.05) is 0 Å². The van der Waals surface area contributed by atoms with E-state index >= 15 is 0 Å². The van der Waals surface area contributed by atoms with Crippen molar-refractivity contribution >= 4 is 0 Å². The van der Waals surface area contributed by atoms with Gasteiger partial charge >= 0.3 is 0 Å². The van der Waals surface area contributed by atoms with Gasteiger partial charge in [0.15, 0.2) is 0 Å². The van der Waals surface area contributed by atoms with Crippen LogP contribution in [-0.4, -0.2) is 93.9 Å². The van der Waals surface area contributed by atoms with E-state index in [2.05, 4.69) is 10.6 Å². The van der Waals surface area contributed by atoms with Crippen molar-refractivity contribution in [2.24, 2.45) is 0 Å². The van der Waals surface area contributed by atoms with Crippen LogP contribution in [0.4, 0.5) is 0 Å². The van der Waals surface area contributed by atoms with E-state index in [-0.39, 0.29) is 13.2 Å². The molecule has 0 aliphatic carbocycles. The van der Waals surface area contributed by atoms with Crippen molar-refractivity contribution in [1.29, 1.82) is 0 Å². The highest BCUT2D eigenvalue weighted by atomic mass is 16.3. The predicted octanol–water partition coefficient (Wildman–Crippen LogP) is -3.63. The van der Waals surface area contributed by atoms with E-state index in [0.717, 1.165) is 0 Å². The highest BCUT2D eigenvalue weighted by Crippen LogP contribution is 1.99. The van der Waals surface area contributed by atoms with E-state index in [4.69, 9.17) is 15.3 Å². The lowest BCUT2D eigenvalue weighted by Crippen LogP contribution is -2.49. The van der Waals surface area contributed by atoms with Crippen molar-refractivity contribution in [3.05, 3.63) is 0 Å². The van der Waals surface area contributed by atoms with Crippen LogP contribution in [-0.2, 0) is 0 Å². The average molecular weight is 296 g/mol. The van der Waals surface area contributed by atoms with E-state index in [1.807, 2.05) is 0 Å². The lowest BCUT2D eigenvalue weighted by atomic mass is 10.1. The van der Waals surface area contributed by atoms with Gasteiger partial charge in [0.2, 0.25) is 0 Å². The molecule has 0 aliphatic heterocycles. The fourth-order valence-corrected chi connectivity index (χ4v) is 1.74. The summed E-state index contributed by atoms with van der Waals surface area (Å²) >= 11 is 0. The van der Waals surface area contributed by atoms with Crippen LogP contribution in [0.15, 0.2) is 0 Å². The van der Waals surface area contributed by atoms with Crippen LogP contribution in [0.3, 0.4) is 0 Å². The maximum Gasteiger partial charge on any atom is 0.0971 e. The molecule has 0 amide bonds. The fraction of sp³-hybridized carbons (Fsp3) is 1.00. The first-order chi connectivity index (χ1) is 9.47. The molecule has 1 unspecified atom stereocenters. The molecule has 0 aliphatic rings. The number of hydrogen-bond acceptors (Lipinski definition) is 8. The predicted molar refractivity (Wildman–Crippen MR) is 73.2 cm³/mol. The second-order valence-electron chi connectivity index (χ2n) is 4.82. The smallest absolute Gasteiger partial charge is 0.0971 e. The van der Waals surface area contributed by atoms with E-state index in [1.165, 1.54) is 6.92 Å². The van der Waals surface area contributed by atoms with Crippen molar-refractivity contribution in [3.63, 3.8) is 0 Å². The SMILES string of the molecule is CC(O)[C@@H](O)[C@@H](CO)NCCCN[C@@H](CO)[C@@H](O)CO. The first-order valence-electron chi connectivity index (χ1n) is 6.81. The minimum absolute atomic E-state index is 0.283. The maximum atomic E-state index is 9.59. The molecule has 8 N–H and O–H groups in total. The summed E-state index contributed by atoms with van der Waals surface area (Å²) in [6, 6.07) is -1.19. The first kappa shape index (κ1) is 19.7. The Morgan fingerprint density at radius 2 is 1.30 bits per heavy atom. The quantitative estimate of drug-likeness (QED) is 0.172. The Labute approximate surface area is 119 Å². The maximum absolute atomic E-state index is 9.59. The highest BCUT2D eigenvalue weighted by molar-refractivity contribution is 4.79. The van der Waals surface area contributed by atoms with Crippen LogP contribution >= 0.6 is 0 Å². The minimum atomic E-state index is -1.05. The van der Waals surface area contributed by atoms with Gasteiger partial charge in [0.05, 0.1) is 50.2 Å². The standard InChI is InChI=1S/C12H28N2O6/c1-8(18)12(20)10(6-16)14-4-2-3-13-9(5-15)11(19)7-17/h8-20H,2-7H2,1H3/t8?,9-,10+,11-,12+/m0/s1. The summed E-state index contributed by atoms with van der Waals surface area (Å²) in [5.41, 5.74) is 0. The Kier molecular flexibility index (Phi) is 11.2. The molecule has 0 aromatic carbocycles. The van der Waals surface area contributed by atoms with Gasteiger partial charge in [-0.3, -0.25) is 0 Å². The summed E-state index contributed by atoms with van der Waals surface area (Å²) in [5, 5.41) is 60.8. The number of aliphatic hydroxyl groups is 6. The molecule has 0 saturated carbocycles. The molecule has 0 fully saturated rings. The molecule has 20 heavy (non-hydrogen) atoms. The number of aliphatic hydroxyl groups excluding tert-OH is 6. The van der Waals surface area contributed by atoms with Crippen molar-refractivity contribution in [3.8, 4) is 0 Å². The third-order valence-corrected chi connectivity index (χ3v) is 3.12. The molecule has 0 aromatic rings. The molecule has 0 aromatic heterocycles. The Bertz CT molecular complexity index is 232. The topological polar surface area (TPSA) is 145 Å². The van der Waals surface area contributed by atoms with Crippen molar-refractivity contribution < 1.29 is 30.6 Å². The lowest BCUT2D eigenvalue weighted by Gasteiger charge is -2.25. The second kappa shape index (κ2) is 11.4. The molecule has 0 radical (unpaired) electrons. The van der Waals surface area contributed by atoms with Crippen LogP contribution in [0.25, 0.3) is 0 Å². The van der Waals surface area contributed by atoms with E-state index in [1.54, 1.807) is 0 Å². The zero-order valence-electron chi connectivity index (χ0n) is 11.8. The van der Waals surface area contributed by atoms with Crippen LogP contribution in [0.5, 0.6) is 0 Å². The van der Waals surface area contributed by atoms with Gasteiger partial charge < -0.3 is 41.3 Å². The van der Waals surface area contributed by atoms with Gasteiger partial charge in [-0.2, -0.15) is 0 Å². The van der Waals surface area contributed by atoms with E-state index in [9.17, 15) is 15.3 Å². The Hall–Kier alpha value is -0.320. The molecule has 8 nitrogen and oxygen atoms in total. The Balaban J connectivity index is 3.84. The average Bonchev–Trinajstić information content (AvgIpc) is 2.45. The summed E-state index contributed by atoms with van der Waals surface area (Å²) in [7, 11) is 0. The number of rotatable bonds is 12. The monoisotopic (exact) mass is 296 g/mol. The first-order valence-corrected chi connectivity index (χ1v) is 6.81.